The van der Waals surface area contributed by atoms with Gasteiger partial charge >= 0.3 is 0 Å². The molecule has 1 saturated heterocycles. The van der Waals surface area contributed by atoms with Crippen molar-refractivity contribution in [2.45, 2.75) is 37.4 Å². The maximum Gasteiger partial charge on any atom is 0.227 e. The molecular weight excluding hydrogens is 330 g/mol. The molecule has 3 aliphatic rings. The molecule has 1 amide bonds. The number of likely N-dealkylation sites (tertiary alicyclic amines) is 1. The van der Waals surface area contributed by atoms with Crippen molar-refractivity contribution in [3.8, 4) is 5.75 Å². The van der Waals surface area contributed by atoms with Gasteiger partial charge < -0.3 is 14.4 Å². The van der Waals surface area contributed by atoms with E-state index in [-0.39, 0.29) is 5.91 Å². The molecule has 0 bridgehead atoms. The Kier molecular flexibility index (Phi) is 3.50. The van der Waals surface area contributed by atoms with Gasteiger partial charge in [-0.15, -0.1) is 0 Å². The van der Waals surface area contributed by atoms with E-state index in [2.05, 4.69) is 4.98 Å². The Morgan fingerprint density at radius 3 is 3.00 bits per heavy atom. The lowest BCUT2D eigenvalue weighted by atomic mass is 9.87. The van der Waals surface area contributed by atoms with E-state index in [1.165, 1.54) is 12.8 Å². The zero-order valence-electron chi connectivity index (χ0n) is 14.8. The minimum Gasteiger partial charge on any atom is -0.497 e. The van der Waals surface area contributed by atoms with Crippen LogP contribution in [-0.2, 0) is 28.2 Å². The van der Waals surface area contributed by atoms with Crippen LogP contribution in [0.1, 0.15) is 41.4 Å². The SMILES string of the molecule is COc1cccc(CC(=O)N2CC3(C2)OCc2nc(C4CC4)ncc23)c1. The molecule has 0 unspecified atom stereocenters. The van der Waals surface area contributed by atoms with Gasteiger partial charge in [-0.2, -0.15) is 0 Å². The van der Waals surface area contributed by atoms with Gasteiger partial charge in [0.1, 0.15) is 17.2 Å². The van der Waals surface area contributed by atoms with Crippen LogP contribution in [0.2, 0.25) is 0 Å². The molecule has 1 aromatic carbocycles. The van der Waals surface area contributed by atoms with Crippen LogP contribution in [0.4, 0.5) is 0 Å². The number of carbonyl (C=O) groups is 1. The minimum absolute atomic E-state index is 0.108. The van der Waals surface area contributed by atoms with Crippen molar-refractivity contribution in [3.05, 3.63) is 53.1 Å². The van der Waals surface area contributed by atoms with Crippen LogP contribution in [-0.4, -0.2) is 41.0 Å². The van der Waals surface area contributed by atoms with Crippen molar-refractivity contribution < 1.29 is 14.3 Å². The third-order valence-corrected chi connectivity index (χ3v) is 5.54. The van der Waals surface area contributed by atoms with Crippen molar-refractivity contribution >= 4 is 5.91 Å². The number of rotatable bonds is 4. The molecule has 0 N–H and O–H groups in total. The highest BCUT2D eigenvalue weighted by Crippen LogP contribution is 2.44. The van der Waals surface area contributed by atoms with Gasteiger partial charge in [-0.05, 0) is 30.5 Å². The first-order valence-electron chi connectivity index (χ1n) is 9.08. The third kappa shape index (κ3) is 2.56. The lowest BCUT2D eigenvalue weighted by Gasteiger charge is -2.47. The maximum absolute atomic E-state index is 12.6. The summed E-state index contributed by atoms with van der Waals surface area (Å²) in [6, 6.07) is 7.64. The fraction of sp³-hybridized carbons (Fsp3) is 0.450. The van der Waals surface area contributed by atoms with E-state index in [1.54, 1.807) is 7.11 Å². The molecule has 1 aromatic heterocycles. The van der Waals surface area contributed by atoms with Gasteiger partial charge in [0.05, 0.1) is 38.9 Å². The second-order valence-electron chi connectivity index (χ2n) is 7.42. The molecule has 134 valence electrons. The van der Waals surface area contributed by atoms with Crippen molar-refractivity contribution in [3.63, 3.8) is 0 Å². The smallest absolute Gasteiger partial charge is 0.227 e. The van der Waals surface area contributed by atoms with Gasteiger partial charge in [0.25, 0.3) is 0 Å². The number of nitrogens with zero attached hydrogens (tertiary/aromatic N) is 3. The Morgan fingerprint density at radius 2 is 2.23 bits per heavy atom. The summed E-state index contributed by atoms with van der Waals surface area (Å²) in [5.74, 6) is 2.37. The predicted molar refractivity (Wildman–Crippen MR) is 93.8 cm³/mol. The quantitative estimate of drug-likeness (QED) is 0.845. The highest BCUT2D eigenvalue weighted by atomic mass is 16.5. The molecule has 1 aliphatic carbocycles. The van der Waals surface area contributed by atoms with Crippen LogP contribution >= 0.6 is 0 Å². The summed E-state index contributed by atoms with van der Waals surface area (Å²) < 4.78 is 11.3. The molecule has 2 fully saturated rings. The lowest BCUT2D eigenvalue weighted by Crippen LogP contribution is -2.61. The molecule has 0 radical (unpaired) electrons. The van der Waals surface area contributed by atoms with Crippen molar-refractivity contribution in [2.75, 3.05) is 20.2 Å². The standard InChI is InChI=1S/C20H21N3O3/c1-25-15-4-2-3-13(7-15)8-18(24)23-11-20(12-23)16-9-21-19(14-5-6-14)22-17(16)10-26-20/h2-4,7,9,14H,5-6,8,10-12H2,1H3. The van der Waals surface area contributed by atoms with Crippen molar-refractivity contribution in [2.24, 2.45) is 0 Å². The number of hydrogen-bond acceptors (Lipinski definition) is 5. The average Bonchev–Trinajstić information content (AvgIpc) is 3.40. The summed E-state index contributed by atoms with van der Waals surface area (Å²) in [6.45, 7) is 1.68. The lowest BCUT2D eigenvalue weighted by molar-refractivity contribution is -0.168. The van der Waals surface area contributed by atoms with Gasteiger partial charge in [0.15, 0.2) is 0 Å². The summed E-state index contributed by atoms with van der Waals surface area (Å²) in [6.07, 6.45) is 4.68. The van der Waals surface area contributed by atoms with E-state index in [4.69, 9.17) is 14.5 Å². The van der Waals surface area contributed by atoms with Gasteiger partial charge in [0, 0.05) is 17.7 Å². The monoisotopic (exact) mass is 351 g/mol. The van der Waals surface area contributed by atoms with E-state index in [0.717, 1.165) is 28.4 Å². The number of carbonyl (C=O) groups excluding carboxylic acids is 1. The van der Waals surface area contributed by atoms with Crippen molar-refractivity contribution in [1.82, 2.24) is 14.9 Å². The van der Waals surface area contributed by atoms with E-state index in [1.807, 2.05) is 35.4 Å². The number of hydrogen-bond donors (Lipinski definition) is 0. The average molecular weight is 351 g/mol. The molecule has 26 heavy (non-hydrogen) atoms. The second kappa shape index (κ2) is 5.77. The first kappa shape index (κ1) is 15.8. The van der Waals surface area contributed by atoms with Gasteiger partial charge in [-0.25, -0.2) is 9.97 Å². The van der Waals surface area contributed by atoms with E-state index in [0.29, 0.717) is 32.0 Å². The number of methoxy groups -OCH3 is 1. The number of amides is 1. The molecular formula is C20H21N3O3. The van der Waals surface area contributed by atoms with Gasteiger partial charge in [-0.3, -0.25) is 4.79 Å². The summed E-state index contributed by atoms with van der Waals surface area (Å²) in [5, 5.41) is 0. The first-order valence-corrected chi connectivity index (χ1v) is 9.08. The number of fused-ring (bicyclic) bond motifs is 2. The van der Waals surface area contributed by atoms with Gasteiger partial charge in [0.2, 0.25) is 5.91 Å². The Morgan fingerprint density at radius 1 is 1.38 bits per heavy atom. The Hall–Kier alpha value is -2.47. The molecule has 1 saturated carbocycles. The fourth-order valence-electron chi connectivity index (χ4n) is 3.82. The van der Waals surface area contributed by atoms with Crippen LogP contribution in [0.5, 0.6) is 5.75 Å². The van der Waals surface area contributed by atoms with E-state index in [9.17, 15) is 4.79 Å². The van der Waals surface area contributed by atoms with Crippen molar-refractivity contribution in [1.29, 1.82) is 0 Å². The number of benzene rings is 1. The molecule has 2 aromatic rings. The highest BCUT2D eigenvalue weighted by Gasteiger charge is 2.52. The predicted octanol–water partition coefficient (Wildman–Crippen LogP) is 2.17. The van der Waals surface area contributed by atoms with Gasteiger partial charge in [-0.1, -0.05) is 12.1 Å². The Labute approximate surface area is 152 Å². The molecule has 6 heteroatoms. The molecule has 6 nitrogen and oxygen atoms in total. The Bertz CT molecular complexity index is 872. The largest absolute Gasteiger partial charge is 0.497 e. The summed E-state index contributed by atoms with van der Waals surface area (Å²) >= 11 is 0. The molecule has 3 heterocycles. The Balaban J connectivity index is 1.27. The number of aromatic nitrogens is 2. The second-order valence-corrected chi connectivity index (χ2v) is 7.42. The summed E-state index contributed by atoms with van der Waals surface area (Å²) in [4.78, 5) is 23.7. The van der Waals surface area contributed by atoms with Crippen LogP contribution in [0.25, 0.3) is 0 Å². The topological polar surface area (TPSA) is 64.5 Å². The minimum atomic E-state index is -0.401. The third-order valence-electron chi connectivity index (χ3n) is 5.54. The number of ether oxygens (including phenoxy) is 2. The zero-order chi connectivity index (χ0) is 17.7. The molecule has 5 rings (SSSR count). The van der Waals surface area contributed by atoms with Crippen LogP contribution in [0.15, 0.2) is 30.5 Å². The normalized spacial score (nSPS) is 20.0. The summed E-state index contributed by atoms with van der Waals surface area (Å²) in [7, 11) is 1.63. The van der Waals surface area contributed by atoms with E-state index >= 15 is 0 Å². The van der Waals surface area contributed by atoms with Crippen LogP contribution in [0.3, 0.4) is 0 Å². The van der Waals surface area contributed by atoms with E-state index < -0.39 is 5.60 Å². The highest BCUT2D eigenvalue weighted by molar-refractivity contribution is 5.80. The maximum atomic E-state index is 12.6. The van der Waals surface area contributed by atoms with Crippen LogP contribution in [0, 0.1) is 0 Å². The first-order chi connectivity index (χ1) is 12.7. The fourth-order valence-corrected chi connectivity index (χ4v) is 3.82. The summed E-state index contributed by atoms with van der Waals surface area (Å²) in [5.41, 5.74) is 2.62. The molecule has 2 aliphatic heterocycles. The van der Waals surface area contributed by atoms with Crippen LogP contribution < -0.4 is 4.74 Å². The zero-order valence-corrected chi connectivity index (χ0v) is 14.8. The molecule has 0 atom stereocenters. The molecule has 1 spiro atoms.